The molecule has 3 aromatic rings. The molecular formula is C21H17Cl2FN4O2. The van der Waals surface area contributed by atoms with Crippen LogP contribution in [0, 0.1) is 5.82 Å². The molecule has 2 amide bonds. The third-order valence-electron chi connectivity index (χ3n) is 4.90. The van der Waals surface area contributed by atoms with Crippen molar-refractivity contribution in [2.75, 3.05) is 26.2 Å². The number of hydrogen-bond donors (Lipinski definition) is 0. The van der Waals surface area contributed by atoms with Crippen molar-refractivity contribution in [2.45, 2.75) is 0 Å². The molecule has 0 aliphatic carbocycles. The van der Waals surface area contributed by atoms with Gasteiger partial charge in [0.1, 0.15) is 5.82 Å². The van der Waals surface area contributed by atoms with Gasteiger partial charge in [-0.3, -0.25) is 9.59 Å². The van der Waals surface area contributed by atoms with Crippen LogP contribution in [0.5, 0.6) is 0 Å². The van der Waals surface area contributed by atoms with Crippen molar-refractivity contribution in [1.29, 1.82) is 0 Å². The Bertz CT molecular complexity index is 1110. The van der Waals surface area contributed by atoms with E-state index in [-0.39, 0.29) is 23.3 Å². The van der Waals surface area contributed by atoms with Crippen LogP contribution in [0.3, 0.4) is 0 Å². The summed E-state index contributed by atoms with van der Waals surface area (Å²) in [6, 6.07) is 12.3. The minimum absolute atomic E-state index is 0.195. The summed E-state index contributed by atoms with van der Waals surface area (Å²) in [5.41, 5.74) is 1.18. The van der Waals surface area contributed by atoms with Gasteiger partial charge in [-0.1, -0.05) is 29.3 Å². The summed E-state index contributed by atoms with van der Waals surface area (Å²) in [5, 5.41) is 5.03. The summed E-state index contributed by atoms with van der Waals surface area (Å²) in [6.45, 7) is 1.52. The predicted octanol–water partition coefficient (Wildman–Crippen LogP) is 3.92. The second kappa shape index (κ2) is 8.45. The third-order valence-corrected chi connectivity index (χ3v) is 5.44. The summed E-state index contributed by atoms with van der Waals surface area (Å²) in [4.78, 5) is 28.8. The molecule has 0 saturated carbocycles. The number of carbonyl (C=O) groups excluding carboxylic acids is 2. The van der Waals surface area contributed by atoms with E-state index in [2.05, 4.69) is 5.10 Å². The van der Waals surface area contributed by atoms with Gasteiger partial charge in [-0.2, -0.15) is 5.10 Å². The minimum atomic E-state index is -0.377. The Kier molecular flexibility index (Phi) is 5.74. The van der Waals surface area contributed by atoms with E-state index in [1.807, 2.05) is 0 Å². The van der Waals surface area contributed by atoms with Gasteiger partial charge in [0.25, 0.3) is 11.8 Å². The Morgan fingerprint density at radius 1 is 0.900 bits per heavy atom. The normalized spacial score (nSPS) is 14.1. The lowest BCUT2D eigenvalue weighted by atomic mass is 10.1. The van der Waals surface area contributed by atoms with Crippen molar-refractivity contribution in [1.82, 2.24) is 19.6 Å². The van der Waals surface area contributed by atoms with Crippen LogP contribution in [-0.2, 0) is 0 Å². The second-order valence-corrected chi connectivity index (χ2v) is 7.68. The molecule has 0 unspecified atom stereocenters. The van der Waals surface area contributed by atoms with E-state index in [1.165, 1.54) is 22.9 Å². The predicted molar refractivity (Wildman–Crippen MR) is 112 cm³/mol. The largest absolute Gasteiger partial charge is 0.335 e. The molecule has 9 heteroatoms. The Labute approximate surface area is 182 Å². The maximum absolute atomic E-state index is 13.4. The van der Waals surface area contributed by atoms with Crippen LogP contribution in [0.2, 0.25) is 10.0 Å². The molecule has 6 nitrogen and oxygen atoms in total. The van der Waals surface area contributed by atoms with Gasteiger partial charge in [-0.25, -0.2) is 9.07 Å². The molecule has 30 heavy (non-hydrogen) atoms. The summed E-state index contributed by atoms with van der Waals surface area (Å²) in [5.74, 6) is -0.807. The molecule has 1 saturated heterocycles. The molecular weight excluding hydrogens is 430 g/mol. The van der Waals surface area contributed by atoms with Crippen molar-refractivity contribution < 1.29 is 14.0 Å². The summed E-state index contributed by atoms with van der Waals surface area (Å²) < 4.78 is 14.9. The molecule has 4 rings (SSSR count). The molecule has 0 radical (unpaired) electrons. The van der Waals surface area contributed by atoms with E-state index in [0.717, 1.165) is 0 Å². The SMILES string of the molecule is O=C(c1ccn(-c2cccc(F)c2)n1)N1CCN(C(=O)c2ccc(Cl)cc2Cl)CC1. The first-order chi connectivity index (χ1) is 14.4. The van der Waals surface area contributed by atoms with Gasteiger partial charge in [-0.05, 0) is 42.5 Å². The maximum atomic E-state index is 13.4. The molecule has 2 aromatic carbocycles. The number of nitrogens with zero attached hydrogens (tertiary/aromatic N) is 4. The van der Waals surface area contributed by atoms with Crippen molar-refractivity contribution in [3.05, 3.63) is 81.8 Å². The molecule has 2 heterocycles. The molecule has 1 aromatic heterocycles. The highest BCUT2D eigenvalue weighted by molar-refractivity contribution is 6.36. The van der Waals surface area contributed by atoms with E-state index in [4.69, 9.17) is 23.2 Å². The smallest absolute Gasteiger partial charge is 0.274 e. The Morgan fingerprint density at radius 3 is 2.27 bits per heavy atom. The average Bonchev–Trinajstić information content (AvgIpc) is 3.23. The lowest BCUT2D eigenvalue weighted by molar-refractivity contribution is 0.0532. The van der Waals surface area contributed by atoms with Crippen LogP contribution in [0.25, 0.3) is 5.69 Å². The van der Waals surface area contributed by atoms with E-state index in [1.54, 1.807) is 46.3 Å². The van der Waals surface area contributed by atoms with Crippen LogP contribution < -0.4 is 0 Å². The minimum Gasteiger partial charge on any atom is -0.335 e. The van der Waals surface area contributed by atoms with E-state index < -0.39 is 0 Å². The van der Waals surface area contributed by atoms with Gasteiger partial charge < -0.3 is 9.80 Å². The van der Waals surface area contributed by atoms with Crippen molar-refractivity contribution >= 4 is 35.0 Å². The Balaban J connectivity index is 1.40. The first kappa shape index (κ1) is 20.4. The number of rotatable bonds is 3. The van der Waals surface area contributed by atoms with Gasteiger partial charge in [-0.15, -0.1) is 0 Å². The molecule has 0 spiro atoms. The zero-order chi connectivity index (χ0) is 21.3. The zero-order valence-electron chi connectivity index (χ0n) is 15.8. The standard InChI is InChI=1S/C21H17Cl2FN4O2/c22-14-4-5-17(18(23)12-14)20(29)26-8-10-27(11-9-26)21(30)19-6-7-28(25-19)16-3-1-2-15(24)13-16/h1-7,12-13H,8-11H2. The van der Waals surface area contributed by atoms with Crippen LogP contribution >= 0.6 is 23.2 Å². The molecule has 1 aliphatic heterocycles. The highest BCUT2D eigenvalue weighted by Crippen LogP contribution is 2.23. The zero-order valence-corrected chi connectivity index (χ0v) is 17.3. The van der Waals surface area contributed by atoms with Crippen molar-refractivity contribution in [3.8, 4) is 5.69 Å². The van der Waals surface area contributed by atoms with Crippen LogP contribution in [-0.4, -0.2) is 57.6 Å². The number of carbonyl (C=O) groups is 2. The first-order valence-corrected chi connectivity index (χ1v) is 10.0. The van der Waals surface area contributed by atoms with Gasteiger partial charge in [0, 0.05) is 37.4 Å². The Hall–Kier alpha value is -2.90. The quantitative estimate of drug-likeness (QED) is 0.612. The number of piperazine rings is 1. The summed E-state index contributed by atoms with van der Waals surface area (Å²) in [6.07, 6.45) is 1.62. The highest BCUT2D eigenvalue weighted by Gasteiger charge is 2.27. The fourth-order valence-corrected chi connectivity index (χ4v) is 3.80. The summed E-state index contributed by atoms with van der Waals surface area (Å²) >= 11 is 12.0. The monoisotopic (exact) mass is 446 g/mol. The fraction of sp³-hybridized carbons (Fsp3) is 0.190. The molecule has 0 atom stereocenters. The fourth-order valence-electron chi connectivity index (χ4n) is 3.31. The van der Waals surface area contributed by atoms with Gasteiger partial charge in [0.15, 0.2) is 5.69 Å². The lowest BCUT2D eigenvalue weighted by Crippen LogP contribution is -2.50. The van der Waals surface area contributed by atoms with Crippen molar-refractivity contribution in [2.24, 2.45) is 0 Å². The number of halogens is 3. The van der Waals surface area contributed by atoms with Gasteiger partial charge in [0.05, 0.1) is 16.3 Å². The van der Waals surface area contributed by atoms with Crippen LogP contribution in [0.1, 0.15) is 20.8 Å². The molecule has 0 N–H and O–H groups in total. The number of benzene rings is 2. The van der Waals surface area contributed by atoms with Crippen molar-refractivity contribution in [3.63, 3.8) is 0 Å². The molecule has 1 fully saturated rings. The van der Waals surface area contributed by atoms with Crippen LogP contribution in [0.15, 0.2) is 54.7 Å². The van der Waals surface area contributed by atoms with Crippen LogP contribution in [0.4, 0.5) is 4.39 Å². The topological polar surface area (TPSA) is 58.4 Å². The molecule has 0 bridgehead atoms. The maximum Gasteiger partial charge on any atom is 0.274 e. The molecule has 1 aliphatic rings. The third kappa shape index (κ3) is 4.17. The van der Waals surface area contributed by atoms with E-state index in [9.17, 15) is 14.0 Å². The number of aromatic nitrogens is 2. The van der Waals surface area contributed by atoms with Gasteiger partial charge in [0.2, 0.25) is 0 Å². The van der Waals surface area contributed by atoms with E-state index in [0.29, 0.717) is 47.5 Å². The number of hydrogen-bond acceptors (Lipinski definition) is 3. The second-order valence-electron chi connectivity index (χ2n) is 6.83. The first-order valence-electron chi connectivity index (χ1n) is 9.27. The summed E-state index contributed by atoms with van der Waals surface area (Å²) in [7, 11) is 0. The Morgan fingerprint density at radius 2 is 1.60 bits per heavy atom. The highest BCUT2D eigenvalue weighted by atomic mass is 35.5. The van der Waals surface area contributed by atoms with Gasteiger partial charge >= 0.3 is 0 Å². The van der Waals surface area contributed by atoms with E-state index >= 15 is 0 Å². The lowest BCUT2D eigenvalue weighted by Gasteiger charge is -2.34. The number of amides is 2. The molecule has 154 valence electrons. The average molecular weight is 447 g/mol.